The third-order valence-electron chi connectivity index (χ3n) is 4.30. The molecule has 2 unspecified atom stereocenters. The molecule has 1 aliphatic heterocycles. The lowest BCUT2D eigenvalue weighted by Gasteiger charge is -2.30. The summed E-state index contributed by atoms with van der Waals surface area (Å²) in [4.78, 5) is 7.44. The summed E-state index contributed by atoms with van der Waals surface area (Å²) < 4.78 is 6.93. The van der Waals surface area contributed by atoms with E-state index in [1.165, 1.54) is 10.1 Å². The molecule has 0 radical (unpaired) electrons. The molecule has 0 amide bonds. The van der Waals surface area contributed by atoms with Crippen LogP contribution < -0.4 is 10.6 Å². The fourth-order valence-corrected chi connectivity index (χ4v) is 3.93. The Balaban J connectivity index is 1.48. The Hall–Kier alpha value is -1.67. The summed E-state index contributed by atoms with van der Waals surface area (Å²) in [5.41, 5.74) is 0. The van der Waals surface area contributed by atoms with Crippen LogP contribution in [0, 0.1) is 0 Å². The van der Waals surface area contributed by atoms with Crippen molar-refractivity contribution >= 4 is 27.4 Å². The third-order valence-corrected chi connectivity index (χ3v) is 5.52. The number of hydrogen-bond acceptors (Lipinski definition) is 5. The SMILES string of the molecule is CN=C(NCC1CN(C)CCO1)NCC(O)c1cc2ccccc2s1. The largest absolute Gasteiger partial charge is 0.386 e. The summed E-state index contributed by atoms with van der Waals surface area (Å²) >= 11 is 1.63. The van der Waals surface area contributed by atoms with Gasteiger partial charge in [0, 0.05) is 42.8 Å². The zero-order valence-corrected chi connectivity index (χ0v) is 15.6. The van der Waals surface area contributed by atoms with Crippen molar-refractivity contribution in [3.63, 3.8) is 0 Å². The van der Waals surface area contributed by atoms with E-state index in [1.807, 2.05) is 18.2 Å². The van der Waals surface area contributed by atoms with Gasteiger partial charge in [-0.1, -0.05) is 18.2 Å². The van der Waals surface area contributed by atoms with Crippen molar-refractivity contribution in [1.82, 2.24) is 15.5 Å². The van der Waals surface area contributed by atoms with Crippen molar-refractivity contribution in [2.24, 2.45) is 4.99 Å². The molecule has 25 heavy (non-hydrogen) atoms. The normalized spacial score (nSPS) is 20.6. The first-order chi connectivity index (χ1) is 12.2. The number of aliphatic hydroxyl groups is 1. The van der Waals surface area contributed by atoms with Crippen LogP contribution in [-0.2, 0) is 4.74 Å². The number of benzene rings is 1. The van der Waals surface area contributed by atoms with Gasteiger partial charge in [-0.2, -0.15) is 0 Å². The minimum absolute atomic E-state index is 0.157. The number of aliphatic hydroxyl groups excluding tert-OH is 1. The van der Waals surface area contributed by atoms with E-state index in [0.29, 0.717) is 19.0 Å². The van der Waals surface area contributed by atoms with E-state index >= 15 is 0 Å². The van der Waals surface area contributed by atoms with Gasteiger partial charge in [-0.05, 0) is 24.6 Å². The van der Waals surface area contributed by atoms with Gasteiger partial charge in [-0.3, -0.25) is 4.99 Å². The van der Waals surface area contributed by atoms with Crippen molar-refractivity contribution in [3.05, 3.63) is 35.2 Å². The van der Waals surface area contributed by atoms with Gasteiger partial charge in [-0.25, -0.2) is 0 Å². The van der Waals surface area contributed by atoms with E-state index in [9.17, 15) is 5.11 Å². The van der Waals surface area contributed by atoms with Gasteiger partial charge in [0.1, 0.15) is 6.10 Å². The molecule has 6 nitrogen and oxygen atoms in total. The lowest BCUT2D eigenvalue weighted by atomic mass is 10.2. The number of likely N-dealkylation sites (N-methyl/N-ethyl adjacent to an activating group) is 1. The first kappa shape index (κ1) is 18.1. The summed E-state index contributed by atoms with van der Waals surface area (Å²) in [6, 6.07) is 10.2. The second-order valence-electron chi connectivity index (χ2n) is 6.29. The molecule has 2 aromatic rings. The fraction of sp³-hybridized carbons (Fsp3) is 0.500. The van der Waals surface area contributed by atoms with E-state index in [1.54, 1.807) is 18.4 Å². The lowest BCUT2D eigenvalue weighted by molar-refractivity contribution is -0.0161. The first-order valence-electron chi connectivity index (χ1n) is 8.57. The monoisotopic (exact) mass is 362 g/mol. The standard InChI is InChI=1S/C18H26N4O2S/c1-19-18(20-10-14-12-22(2)7-8-24-14)21-11-15(23)17-9-13-5-3-4-6-16(13)25-17/h3-6,9,14-15,23H,7-8,10-12H2,1-2H3,(H2,19,20,21). The molecule has 2 atom stereocenters. The summed E-state index contributed by atoms with van der Waals surface area (Å²) in [5, 5.41) is 18.1. The first-order valence-corrected chi connectivity index (χ1v) is 9.38. The third kappa shape index (κ3) is 4.92. The number of guanidine groups is 1. The van der Waals surface area contributed by atoms with Gasteiger partial charge in [0.2, 0.25) is 0 Å². The molecule has 1 saturated heterocycles. The maximum atomic E-state index is 10.5. The molecule has 1 fully saturated rings. The highest BCUT2D eigenvalue weighted by molar-refractivity contribution is 7.19. The van der Waals surface area contributed by atoms with Crippen LogP contribution in [0.3, 0.4) is 0 Å². The number of thiophene rings is 1. The zero-order valence-electron chi connectivity index (χ0n) is 14.7. The highest BCUT2D eigenvalue weighted by Gasteiger charge is 2.18. The molecule has 1 aromatic heterocycles. The Bertz CT molecular complexity index is 685. The Kier molecular flexibility index (Phi) is 6.25. The second kappa shape index (κ2) is 8.62. The Morgan fingerprint density at radius 2 is 2.28 bits per heavy atom. The Morgan fingerprint density at radius 1 is 1.44 bits per heavy atom. The van der Waals surface area contributed by atoms with Crippen molar-refractivity contribution in [1.29, 1.82) is 0 Å². The molecule has 0 bridgehead atoms. The van der Waals surface area contributed by atoms with Crippen molar-refractivity contribution in [2.75, 3.05) is 46.9 Å². The molecule has 1 aliphatic rings. The maximum Gasteiger partial charge on any atom is 0.191 e. The molecule has 3 rings (SSSR count). The zero-order chi connectivity index (χ0) is 17.6. The van der Waals surface area contributed by atoms with Crippen LogP contribution in [-0.4, -0.2) is 69.0 Å². The second-order valence-corrected chi connectivity index (χ2v) is 7.41. The van der Waals surface area contributed by atoms with E-state index in [-0.39, 0.29) is 6.10 Å². The predicted molar refractivity (Wildman–Crippen MR) is 103 cm³/mol. The van der Waals surface area contributed by atoms with Crippen LogP contribution in [0.4, 0.5) is 0 Å². The van der Waals surface area contributed by atoms with Crippen LogP contribution in [0.1, 0.15) is 11.0 Å². The quantitative estimate of drug-likeness (QED) is 0.555. The minimum Gasteiger partial charge on any atom is -0.386 e. The highest BCUT2D eigenvalue weighted by Crippen LogP contribution is 2.29. The molecular weight excluding hydrogens is 336 g/mol. The number of aliphatic imine (C=N–C) groups is 1. The van der Waals surface area contributed by atoms with Gasteiger partial charge in [0.25, 0.3) is 0 Å². The molecular formula is C18H26N4O2S. The average molecular weight is 362 g/mol. The minimum atomic E-state index is -0.562. The lowest BCUT2D eigenvalue weighted by Crippen LogP contribution is -2.48. The summed E-state index contributed by atoms with van der Waals surface area (Å²) in [6.07, 6.45) is -0.405. The van der Waals surface area contributed by atoms with E-state index in [2.05, 4.69) is 39.7 Å². The Morgan fingerprint density at radius 3 is 3.04 bits per heavy atom. The number of nitrogens with one attached hydrogen (secondary N) is 2. The van der Waals surface area contributed by atoms with Crippen LogP contribution in [0.15, 0.2) is 35.3 Å². The van der Waals surface area contributed by atoms with Crippen LogP contribution in [0.25, 0.3) is 10.1 Å². The fourth-order valence-electron chi connectivity index (χ4n) is 2.88. The van der Waals surface area contributed by atoms with Gasteiger partial charge in [0.15, 0.2) is 5.96 Å². The number of fused-ring (bicyclic) bond motifs is 1. The van der Waals surface area contributed by atoms with E-state index in [0.717, 1.165) is 24.6 Å². The van der Waals surface area contributed by atoms with Crippen molar-refractivity contribution in [2.45, 2.75) is 12.2 Å². The predicted octanol–water partition coefficient (Wildman–Crippen LogP) is 1.43. The van der Waals surface area contributed by atoms with Gasteiger partial charge in [0.05, 0.1) is 12.7 Å². The molecule has 0 spiro atoms. The maximum absolute atomic E-state index is 10.5. The van der Waals surface area contributed by atoms with Crippen LogP contribution in [0.5, 0.6) is 0 Å². The average Bonchev–Trinajstić information content (AvgIpc) is 3.06. The molecule has 3 N–H and O–H groups in total. The van der Waals surface area contributed by atoms with Gasteiger partial charge in [-0.15, -0.1) is 11.3 Å². The number of morpholine rings is 1. The summed E-state index contributed by atoms with van der Waals surface area (Å²) in [5.74, 6) is 0.678. The number of nitrogens with zero attached hydrogens (tertiary/aromatic N) is 2. The van der Waals surface area contributed by atoms with Gasteiger partial charge >= 0.3 is 0 Å². The Labute approximate surface area is 152 Å². The van der Waals surface area contributed by atoms with E-state index in [4.69, 9.17) is 4.74 Å². The molecule has 0 aliphatic carbocycles. The van der Waals surface area contributed by atoms with Crippen LogP contribution in [0.2, 0.25) is 0 Å². The van der Waals surface area contributed by atoms with Crippen molar-refractivity contribution < 1.29 is 9.84 Å². The number of ether oxygens (including phenoxy) is 1. The highest BCUT2D eigenvalue weighted by atomic mass is 32.1. The molecule has 0 saturated carbocycles. The topological polar surface area (TPSA) is 69.1 Å². The van der Waals surface area contributed by atoms with Crippen LogP contribution >= 0.6 is 11.3 Å². The molecule has 7 heteroatoms. The van der Waals surface area contributed by atoms with Gasteiger partial charge < -0.3 is 25.4 Å². The number of rotatable bonds is 5. The summed E-state index contributed by atoms with van der Waals surface area (Å²) in [7, 11) is 3.83. The van der Waals surface area contributed by atoms with Crippen molar-refractivity contribution in [3.8, 4) is 0 Å². The molecule has 1 aromatic carbocycles. The molecule has 136 valence electrons. The molecule has 2 heterocycles. The summed E-state index contributed by atoms with van der Waals surface area (Å²) in [6.45, 7) is 3.76. The number of hydrogen-bond donors (Lipinski definition) is 3. The van der Waals surface area contributed by atoms with E-state index < -0.39 is 6.10 Å². The smallest absolute Gasteiger partial charge is 0.191 e.